The molecule has 1 aromatic carbocycles. The number of carbonyl (C=O) groups is 1. The first kappa shape index (κ1) is 15.4. The van der Waals surface area contributed by atoms with Gasteiger partial charge >= 0.3 is 11.7 Å². The summed E-state index contributed by atoms with van der Waals surface area (Å²) in [5.41, 5.74) is -1.05. The molecule has 0 N–H and O–H groups in total. The number of methoxy groups -OCH3 is 1. The predicted molar refractivity (Wildman–Crippen MR) is 72.1 cm³/mol. The predicted octanol–water partition coefficient (Wildman–Crippen LogP) is 2.94. The molecule has 0 aliphatic rings. The van der Waals surface area contributed by atoms with E-state index in [1.54, 1.807) is 26.0 Å². The summed E-state index contributed by atoms with van der Waals surface area (Å²) in [4.78, 5) is 21.9. The number of esters is 1. The standard InChI is InChI=1S/C12H14BrNO5/c1-12(2,11(15)18-3)7-19-10-8(13)5-4-6-9(10)14(16)17/h4-6H,7H2,1-3H3. The van der Waals surface area contributed by atoms with Crippen molar-refractivity contribution in [3.8, 4) is 5.75 Å². The summed E-state index contributed by atoms with van der Waals surface area (Å²) in [6.07, 6.45) is 0. The summed E-state index contributed by atoms with van der Waals surface area (Å²) in [7, 11) is 1.28. The minimum absolute atomic E-state index is 0.0247. The van der Waals surface area contributed by atoms with E-state index in [4.69, 9.17) is 4.74 Å². The number of ether oxygens (including phenoxy) is 2. The van der Waals surface area contributed by atoms with Gasteiger partial charge in [-0.15, -0.1) is 0 Å². The number of nitrogens with zero attached hydrogens (tertiary/aromatic N) is 1. The van der Waals surface area contributed by atoms with Crippen molar-refractivity contribution in [2.45, 2.75) is 13.8 Å². The van der Waals surface area contributed by atoms with Crippen molar-refractivity contribution in [3.05, 3.63) is 32.8 Å². The number of halogens is 1. The molecule has 0 aromatic heterocycles. The molecular formula is C12H14BrNO5. The maximum Gasteiger partial charge on any atom is 0.314 e. The summed E-state index contributed by atoms with van der Waals surface area (Å²) in [5, 5.41) is 10.9. The Balaban J connectivity index is 2.95. The number of para-hydroxylation sites is 1. The number of hydrogen-bond donors (Lipinski definition) is 0. The Bertz CT molecular complexity index is 501. The minimum atomic E-state index is -0.891. The largest absolute Gasteiger partial charge is 0.485 e. The van der Waals surface area contributed by atoms with Crippen molar-refractivity contribution in [1.82, 2.24) is 0 Å². The Kier molecular flexibility index (Phi) is 4.88. The highest BCUT2D eigenvalue weighted by atomic mass is 79.9. The van der Waals surface area contributed by atoms with E-state index in [-0.39, 0.29) is 18.0 Å². The highest BCUT2D eigenvalue weighted by molar-refractivity contribution is 9.10. The molecule has 6 nitrogen and oxygen atoms in total. The van der Waals surface area contributed by atoms with Crippen molar-refractivity contribution >= 4 is 27.6 Å². The van der Waals surface area contributed by atoms with Crippen LogP contribution in [0.15, 0.2) is 22.7 Å². The maximum absolute atomic E-state index is 11.5. The minimum Gasteiger partial charge on any atom is -0.485 e. The van der Waals surface area contributed by atoms with Crippen molar-refractivity contribution in [3.63, 3.8) is 0 Å². The average Bonchev–Trinajstić information content (AvgIpc) is 2.35. The van der Waals surface area contributed by atoms with Crippen molar-refractivity contribution in [2.75, 3.05) is 13.7 Å². The molecule has 19 heavy (non-hydrogen) atoms. The highest BCUT2D eigenvalue weighted by Crippen LogP contribution is 2.35. The molecule has 0 aliphatic heterocycles. The van der Waals surface area contributed by atoms with Gasteiger partial charge in [0.2, 0.25) is 5.75 Å². The lowest BCUT2D eigenvalue weighted by Crippen LogP contribution is -2.32. The second kappa shape index (κ2) is 6.01. The van der Waals surface area contributed by atoms with Crippen LogP contribution >= 0.6 is 15.9 Å². The second-order valence-electron chi connectivity index (χ2n) is 4.51. The Hall–Kier alpha value is -1.63. The first-order valence-electron chi connectivity index (χ1n) is 5.43. The fourth-order valence-corrected chi connectivity index (χ4v) is 1.84. The van der Waals surface area contributed by atoms with Crippen LogP contribution in [0.4, 0.5) is 5.69 Å². The monoisotopic (exact) mass is 331 g/mol. The fourth-order valence-electron chi connectivity index (χ4n) is 1.37. The SMILES string of the molecule is COC(=O)C(C)(C)COc1c(Br)cccc1[N+](=O)[O-]. The van der Waals surface area contributed by atoms with Gasteiger partial charge in [0.15, 0.2) is 0 Å². The molecule has 0 unspecified atom stereocenters. The number of carbonyl (C=O) groups excluding carboxylic acids is 1. The molecule has 7 heteroatoms. The van der Waals surface area contributed by atoms with E-state index in [2.05, 4.69) is 20.7 Å². The fraction of sp³-hybridized carbons (Fsp3) is 0.417. The third kappa shape index (κ3) is 3.66. The Morgan fingerprint density at radius 3 is 2.63 bits per heavy atom. The summed E-state index contributed by atoms with van der Waals surface area (Å²) in [5.74, 6) is -0.341. The van der Waals surface area contributed by atoms with Crippen molar-refractivity contribution in [1.29, 1.82) is 0 Å². The van der Waals surface area contributed by atoms with E-state index < -0.39 is 16.3 Å². The number of nitro benzene ring substituents is 1. The second-order valence-corrected chi connectivity index (χ2v) is 5.36. The molecule has 0 heterocycles. The summed E-state index contributed by atoms with van der Waals surface area (Å²) in [6.45, 7) is 3.26. The smallest absolute Gasteiger partial charge is 0.314 e. The zero-order valence-electron chi connectivity index (χ0n) is 10.8. The summed E-state index contributed by atoms with van der Waals surface area (Å²) in [6, 6.07) is 4.51. The molecule has 0 saturated carbocycles. The molecule has 104 valence electrons. The zero-order valence-corrected chi connectivity index (χ0v) is 12.4. The van der Waals surface area contributed by atoms with E-state index >= 15 is 0 Å². The van der Waals surface area contributed by atoms with Gasteiger partial charge in [0.25, 0.3) is 0 Å². The molecule has 0 spiro atoms. The third-order valence-corrected chi connectivity index (χ3v) is 3.08. The first-order chi connectivity index (χ1) is 8.79. The van der Waals surface area contributed by atoms with Crippen LogP contribution in [0.3, 0.4) is 0 Å². The van der Waals surface area contributed by atoms with Crippen LogP contribution < -0.4 is 4.74 Å². The van der Waals surface area contributed by atoms with Crippen molar-refractivity contribution < 1.29 is 19.2 Å². The van der Waals surface area contributed by atoms with Crippen LogP contribution in [-0.2, 0) is 9.53 Å². The van der Waals surface area contributed by atoms with E-state index in [0.29, 0.717) is 4.47 Å². The topological polar surface area (TPSA) is 78.7 Å². The van der Waals surface area contributed by atoms with E-state index in [1.165, 1.54) is 13.2 Å². The van der Waals surface area contributed by atoms with Crippen molar-refractivity contribution in [2.24, 2.45) is 5.41 Å². The third-order valence-electron chi connectivity index (χ3n) is 2.46. The molecule has 0 bridgehead atoms. The summed E-state index contributed by atoms with van der Waals surface area (Å²) < 4.78 is 10.5. The molecule has 1 rings (SSSR count). The van der Waals surface area contributed by atoms with Gasteiger partial charge in [-0.1, -0.05) is 6.07 Å². The van der Waals surface area contributed by atoms with E-state index in [1.807, 2.05) is 0 Å². The van der Waals surface area contributed by atoms with Gasteiger partial charge in [0.05, 0.1) is 21.9 Å². The van der Waals surface area contributed by atoms with Crippen LogP contribution in [0.5, 0.6) is 5.75 Å². The average molecular weight is 332 g/mol. The normalized spacial score (nSPS) is 10.9. The lowest BCUT2D eigenvalue weighted by molar-refractivity contribution is -0.386. The lowest BCUT2D eigenvalue weighted by atomic mass is 9.95. The number of hydrogen-bond acceptors (Lipinski definition) is 5. The summed E-state index contributed by atoms with van der Waals surface area (Å²) >= 11 is 3.19. The van der Waals surface area contributed by atoms with Crippen LogP contribution in [-0.4, -0.2) is 24.6 Å². The molecular weight excluding hydrogens is 318 g/mol. The Labute approximate surface area is 119 Å². The quantitative estimate of drug-likeness (QED) is 0.471. The molecule has 0 radical (unpaired) electrons. The molecule has 0 saturated heterocycles. The Morgan fingerprint density at radius 2 is 2.11 bits per heavy atom. The molecule has 1 aromatic rings. The van der Waals surface area contributed by atoms with E-state index in [0.717, 1.165) is 0 Å². The van der Waals surface area contributed by atoms with Gasteiger partial charge in [0.1, 0.15) is 6.61 Å². The number of rotatable bonds is 5. The zero-order chi connectivity index (χ0) is 14.6. The van der Waals surface area contributed by atoms with Gasteiger partial charge in [-0.05, 0) is 35.8 Å². The number of benzene rings is 1. The molecule has 0 fully saturated rings. The van der Waals surface area contributed by atoms with Gasteiger partial charge < -0.3 is 9.47 Å². The van der Waals surface area contributed by atoms with Crippen LogP contribution in [0.25, 0.3) is 0 Å². The first-order valence-corrected chi connectivity index (χ1v) is 6.23. The van der Waals surface area contributed by atoms with Gasteiger partial charge in [0, 0.05) is 6.07 Å². The lowest BCUT2D eigenvalue weighted by Gasteiger charge is -2.21. The van der Waals surface area contributed by atoms with Gasteiger partial charge in [-0.2, -0.15) is 0 Å². The van der Waals surface area contributed by atoms with Crippen LogP contribution in [0.2, 0.25) is 0 Å². The van der Waals surface area contributed by atoms with E-state index in [9.17, 15) is 14.9 Å². The van der Waals surface area contributed by atoms with Gasteiger partial charge in [-0.25, -0.2) is 0 Å². The molecule has 0 amide bonds. The Morgan fingerprint density at radius 1 is 1.47 bits per heavy atom. The molecule has 0 atom stereocenters. The van der Waals surface area contributed by atoms with Crippen LogP contribution in [0, 0.1) is 15.5 Å². The number of nitro groups is 1. The highest BCUT2D eigenvalue weighted by Gasteiger charge is 2.31. The van der Waals surface area contributed by atoms with Crippen LogP contribution in [0.1, 0.15) is 13.8 Å². The maximum atomic E-state index is 11.5. The molecule has 0 aliphatic carbocycles. The van der Waals surface area contributed by atoms with Gasteiger partial charge in [-0.3, -0.25) is 14.9 Å².